The molecule has 2 unspecified atom stereocenters. The number of rotatable bonds is 5. The highest BCUT2D eigenvalue weighted by Gasteiger charge is 2.26. The van der Waals surface area contributed by atoms with Crippen LogP contribution >= 0.6 is 0 Å². The Morgan fingerprint density at radius 3 is 2.89 bits per heavy atom. The smallest absolute Gasteiger partial charge is 0.334 e. The molecule has 0 aliphatic carbocycles. The maximum absolute atomic E-state index is 10.9. The van der Waals surface area contributed by atoms with E-state index in [1.54, 1.807) is 0 Å². The van der Waals surface area contributed by atoms with Crippen LogP contribution in [0.25, 0.3) is 0 Å². The second-order valence-corrected chi connectivity index (χ2v) is 5.10. The zero-order valence-electron chi connectivity index (χ0n) is 11.3. The predicted molar refractivity (Wildman–Crippen MR) is 73.3 cm³/mol. The van der Waals surface area contributed by atoms with Gasteiger partial charge in [-0.15, -0.1) is 0 Å². The molecule has 4 nitrogen and oxygen atoms in total. The summed E-state index contributed by atoms with van der Waals surface area (Å²) in [4.78, 5) is 13.1. The van der Waals surface area contributed by atoms with Crippen molar-refractivity contribution in [3.05, 3.63) is 35.9 Å². The molecule has 2 atom stereocenters. The van der Waals surface area contributed by atoms with Gasteiger partial charge in [0.05, 0.1) is 6.61 Å². The number of nitrogens with zero attached hydrogens (tertiary/aromatic N) is 1. The number of benzene rings is 1. The number of hydrogen-bond acceptors (Lipinski definition) is 3. The van der Waals surface area contributed by atoms with Crippen LogP contribution in [0.4, 0.5) is 0 Å². The average molecular weight is 263 g/mol. The lowest BCUT2D eigenvalue weighted by molar-refractivity contribution is -0.156. The van der Waals surface area contributed by atoms with E-state index in [0.29, 0.717) is 19.1 Å². The molecule has 0 bridgehead atoms. The molecular formula is C15H21NO3. The Labute approximate surface area is 114 Å². The first kappa shape index (κ1) is 14.0. The molecule has 0 amide bonds. The molecule has 1 aliphatic rings. The lowest BCUT2D eigenvalue weighted by atomic mass is 9.97. The van der Waals surface area contributed by atoms with Gasteiger partial charge in [-0.25, -0.2) is 4.79 Å². The number of ether oxygens (including phenoxy) is 1. The summed E-state index contributed by atoms with van der Waals surface area (Å²) in [5.74, 6) is -0.367. The van der Waals surface area contributed by atoms with Crippen molar-refractivity contribution in [3.8, 4) is 0 Å². The number of morpholine rings is 1. The van der Waals surface area contributed by atoms with E-state index >= 15 is 0 Å². The molecule has 4 heteroatoms. The molecule has 0 spiro atoms. The van der Waals surface area contributed by atoms with Crippen LogP contribution in [0.15, 0.2) is 30.3 Å². The fourth-order valence-corrected chi connectivity index (χ4v) is 2.38. The number of carboxylic acid groups (broad SMARTS) is 1. The first-order chi connectivity index (χ1) is 9.16. The molecule has 0 aromatic heterocycles. The van der Waals surface area contributed by atoms with E-state index in [-0.39, 0.29) is 0 Å². The largest absolute Gasteiger partial charge is 0.479 e. The van der Waals surface area contributed by atoms with Crippen LogP contribution in [0.5, 0.6) is 0 Å². The van der Waals surface area contributed by atoms with Gasteiger partial charge in [-0.3, -0.25) is 4.90 Å². The number of hydrogen-bond donors (Lipinski definition) is 1. The summed E-state index contributed by atoms with van der Waals surface area (Å²) in [6.07, 6.45) is 0.372. The van der Waals surface area contributed by atoms with Crippen molar-refractivity contribution >= 4 is 5.97 Å². The average Bonchev–Trinajstić information content (AvgIpc) is 2.46. The zero-order valence-corrected chi connectivity index (χ0v) is 11.3. The van der Waals surface area contributed by atoms with Crippen molar-refractivity contribution in [2.24, 2.45) is 0 Å². The number of carboxylic acids is 1. The second kappa shape index (κ2) is 6.68. The van der Waals surface area contributed by atoms with Crippen LogP contribution in [-0.4, -0.2) is 48.3 Å². The maximum Gasteiger partial charge on any atom is 0.334 e. The molecular weight excluding hydrogens is 242 g/mol. The molecule has 19 heavy (non-hydrogen) atoms. The molecule has 1 aromatic rings. The lowest BCUT2D eigenvalue weighted by Crippen LogP contribution is -2.46. The Morgan fingerprint density at radius 1 is 1.47 bits per heavy atom. The molecule has 1 heterocycles. The van der Waals surface area contributed by atoms with E-state index in [4.69, 9.17) is 9.84 Å². The van der Waals surface area contributed by atoms with Crippen molar-refractivity contribution in [3.63, 3.8) is 0 Å². The fourth-order valence-electron chi connectivity index (χ4n) is 2.38. The highest BCUT2D eigenvalue weighted by Crippen LogP contribution is 2.19. The Balaban J connectivity index is 1.80. The molecule has 0 saturated carbocycles. The highest BCUT2D eigenvalue weighted by molar-refractivity contribution is 5.72. The number of aliphatic carboxylic acids is 1. The zero-order chi connectivity index (χ0) is 13.7. The highest BCUT2D eigenvalue weighted by atomic mass is 16.5. The molecule has 2 rings (SSSR count). The van der Waals surface area contributed by atoms with Crippen LogP contribution in [0, 0.1) is 0 Å². The van der Waals surface area contributed by atoms with Gasteiger partial charge in [0.1, 0.15) is 0 Å². The van der Waals surface area contributed by atoms with Gasteiger partial charge in [-0.2, -0.15) is 0 Å². The molecule has 0 radical (unpaired) electrons. The second-order valence-electron chi connectivity index (χ2n) is 5.10. The fraction of sp³-hybridized carbons (Fsp3) is 0.533. The minimum atomic E-state index is -0.860. The standard InChI is InChI=1S/C15H21NO3/c1-12(13-5-3-2-4-6-13)7-8-16-9-10-19-14(11-16)15(17)18/h2-6,12,14H,7-11H2,1H3,(H,17,18). The van der Waals surface area contributed by atoms with Crippen molar-refractivity contribution < 1.29 is 14.6 Å². The molecule has 1 saturated heterocycles. The van der Waals surface area contributed by atoms with Crippen molar-refractivity contribution in [1.29, 1.82) is 0 Å². The van der Waals surface area contributed by atoms with Gasteiger partial charge in [0.2, 0.25) is 0 Å². The van der Waals surface area contributed by atoms with E-state index in [1.165, 1.54) is 5.56 Å². The third kappa shape index (κ3) is 4.04. The SMILES string of the molecule is CC(CCN1CCOC(C(=O)O)C1)c1ccccc1. The minimum absolute atomic E-state index is 0.493. The van der Waals surface area contributed by atoms with Gasteiger partial charge in [0.25, 0.3) is 0 Å². The Kier molecular flexibility index (Phi) is 4.93. The Hall–Kier alpha value is -1.39. The van der Waals surface area contributed by atoms with Crippen molar-refractivity contribution in [1.82, 2.24) is 4.90 Å². The van der Waals surface area contributed by atoms with Gasteiger partial charge in [-0.05, 0) is 24.4 Å². The van der Waals surface area contributed by atoms with Crippen molar-refractivity contribution in [2.75, 3.05) is 26.2 Å². The monoisotopic (exact) mass is 263 g/mol. The molecule has 104 valence electrons. The van der Waals surface area contributed by atoms with Gasteiger partial charge < -0.3 is 9.84 Å². The van der Waals surface area contributed by atoms with Gasteiger partial charge in [0, 0.05) is 13.1 Å². The Morgan fingerprint density at radius 2 is 2.21 bits per heavy atom. The van der Waals surface area contributed by atoms with Gasteiger partial charge >= 0.3 is 5.97 Å². The van der Waals surface area contributed by atoms with Crippen molar-refractivity contribution in [2.45, 2.75) is 25.4 Å². The van der Waals surface area contributed by atoms with Crippen LogP contribution in [0.3, 0.4) is 0 Å². The van der Waals surface area contributed by atoms with E-state index in [9.17, 15) is 4.79 Å². The summed E-state index contributed by atoms with van der Waals surface area (Å²) in [5.41, 5.74) is 1.34. The van der Waals surface area contributed by atoms with E-state index in [1.807, 2.05) is 6.07 Å². The third-order valence-corrected chi connectivity index (χ3v) is 3.67. The summed E-state index contributed by atoms with van der Waals surface area (Å²) in [7, 11) is 0. The third-order valence-electron chi connectivity index (χ3n) is 3.67. The quantitative estimate of drug-likeness (QED) is 0.882. The van der Waals surface area contributed by atoms with Crippen LogP contribution in [0.2, 0.25) is 0 Å². The topological polar surface area (TPSA) is 49.8 Å². The van der Waals surface area contributed by atoms with Gasteiger partial charge in [-0.1, -0.05) is 37.3 Å². The molecule has 1 fully saturated rings. The minimum Gasteiger partial charge on any atom is -0.479 e. The predicted octanol–water partition coefficient (Wildman–Crippen LogP) is 1.97. The molecule has 1 aromatic carbocycles. The Bertz CT molecular complexity index is 407. The normalized spacial score (nSPS) is 22.1. The number of carbonyl (C=O) groups is 1. The first-order valence-corrected chi connectivity index (χ1v) is 6.78. The summed E-state index contributed by atoms with van der Waals surface area (Å²) >= 11 is 0. The summed E-state index contributed by atoms with van der Waals surface area (Å²) < 4.78 is 5.22. The van der Waals surface area contributed by atoms with Crippen LogP contribution in [0.1, 0.15) is 24.8 Å². The maximum atomic E-state index is 10.9. The van der Waals surface area contributed by atoms with Crippen LogP contribution in [-0.2, 0) is 9.53 Å². The first-order valence-electron chi connectivity index (χ1n) is 6.78. The summed E-state index contributed by atoms with van der Waals surface area (Å²) in [5, 5.41) is 8.96. The van der Waals surface area contributed by atoms with Crippen LogP contribution < -0.4 is 0 Å². The molecule has 1 aliphatic heterocycles. The molecule has 1 N–H and O–H groups in total. The summed E-state index contributed by atoms with van der Waals surface area (Å²) in [6.45, 7) is 4.96. The van der Waals surface area contributed by atoms with E-state index < -0.39 is 12.1 Å². The van der Waals surface area contributed by atoms with E-state index in [0.717, 1.165) is 19.5 Å². The summed E-state index contributed by atoms with van der Waals surface area (Å²) in [6, 6.07) is 10.4. The van der Waals surface area contributed by atoms with E-state index in [2.05, 4.69) is 36.1 Å². The van der Waals surface area contributed by atoms with Gasteiger partial charge in [0.15, 0.2) is 6.10 Å². The lowest BCUT2D eigenvalue weighted by Gasteiger charge is -2.31.